The van der Waals surface area contributed by atoms with Crippen molar-refractivity contribution < 1.29 is 4.43 Å². The molecule has 116 valence electrons. The van der Waals surface area contributed by atoms with Crippen LogP contribution in [0.25, 0.3) is 0 Å². The van der Waals surface area contributed by atoms with Gasteiger partial charge in [0.15, 0.2) is 0 Å². The van der Waals surface area contributed by atoms with Crippen molar-refractivity contribution in [2.24, 2.45) is 0 Å². The van der Waals surface area contributed by atoms with E-state index in [4.69, 9.17) is 4.43 Å². The Hall–Kier alpha value is 0.657. The fourth-order valence-corrected chi connectivity index (χ4v) is 7.49. The molecule has 0 amide bonds. The normalized spacial score (nSPS) is 14.5. The van der Waals surface area contributed by atoms with Crippen LogP contribution < -0.4 is 0 Å². The van der Waals surface area contributed by atoms with E-state index in [2.05, 4.69) is 36.1 Å². The van der Waals surface area contributed by atoms with Crippen molar-refractivity contribution in [2.45, 2.75) is 97.1 Å². The first-order chi connectivity index (χ1) is 9.18. The fraction of sp³-hybridized carbons (Fsp3) is 1.00. The lowest BCUT2D eigenvalue weighted by molar-refractivity contribution is 0.333. The molecule has 0 fully saturated rings. The summed E-state index contributed by atoms with van der Waals surface area (Å²) in [4.78, 5) is 0. The minimum absolute atomic E-state index is 0.876. The van der Waals surface area contributed by atoms with E-state index >= 15 is 0 Å². The summed E-state index contributed by atoms with van der Waals surface area (Å²) in [6.45, 7) is 6.01. The molecule has 0 aromatic rings. The van der Waals surface area contributed by atoms with Crippen LogP contribution in [-0.2, 0) is 4.43 Å². The molecule has 0 spiro atoms. The predicted molar refractivity (Wildman–Crippen MR) is 93.4 cm³/mol. The van der Waals surface area contributed by atoms with Gasteiger partial charge in [0, 0.05) is 6.61 Å². The molecule has 0 aliphatic rings. The molecule has 0 aromatic carbocycles. The molecular weight excluding hydrogens is 316 g/mol. The van der Waals surface area contributed by atoms with Gasteiger partial charge in [0.25, 0.3) is 6.94 Å². The van der Waals surface area contributed by atoms with Crippen LogP contribution in [0.15, 0.2) is 0 Å². The highest BCUT2D eigenvalue weighted by Gasteiger charge is 2.30. The van der Waals surface area contributed by atoms with E-state index in [0.29, 0.717) is 0 Å². The molecule has 0 rings (SSSR count). The Bertz CT molecular complexity index is 190. The second-order valence-electron chi connectivity index (χ2n) is 5.64. The van der Waals surface area contributed by atoms with E-state index in [9.17, 15) is 0 Å². The first kappa shape index (κ1) is 19.7. The van der Waals surface area contributed by atoms with Crippen LogP contribution in [0, 0.1) is 0 Å². The fourth-order valence-electron chi connectivity index (χ4n) is 2.51. The lowest BCUT2D eigenvalue weighted by atomic mass is 10.1. The highest BCUT2D eigenvalue weighted by atomic mass is 79.9. The van der Waals surface area contributed by atoms with Crippen molar-refractivity contribution >= 4 is 22.2 Å². The highest BCUT2D eigenvalue weighted by molar-refractivity contribution is 9.25. The molecule has 0 aromatic heterocycles. The standard InChI is InChI=1S/C16H35BrOSi/c1-4-7-9-11-12-14-16-19(17,18-6-3)15-13-10-8-5-2/h4-16H2,1-3H3. The number of hydrogen-bond acceptors (Lipinski definition) is 1. The van der Waals surface area contributed by atoms with Crippen LogP contribution >= 0.6 is 15.3 Å². The minimum Gasteiger partial charge on any atom is -0.407 e. The summed E-state index contributed by atoms with van der Waals surface area (Å²) in [7, 11) is 0. The molecule has 0 saturated carbocycles. The summed E-state index contributed by atoms with van der Waals surface area (Å²) in [5.74, 6) is 0. The van der Waals surface area contributed by atoms with Crippen LogP contribution in [0.2, 0.25) is 12.1 Å². The number of halogens is 1. The van der Waals surface area contributed by atoms with E-state index in [-0.39, 0.29) is 0 Å². The first-order valence-electron chi connectivity index (χ1n) is 8.51. The number of rotatable bonds is 14. The van der Waals surface area contributed by atoms with Gasteiger partial charge in [-0.05, 0) is 19.0 Å². The third-order valence-electron chi connectivity index (χ3n) is 3.71. The minimum atomic E-state index is -1.56. The van der Waals surface area contributed by atoms with Crippen molar-refractivity contribution in [3.63, 3.8) is 0 Å². The average Bonchev–Trinajstić information content (AvgIpc) is 2.39. The predicted octanol–water partition coefficient (Wildman–Crippen LogP) is 6.80. The van der Waals surface area contributed by atoms with Gasteiger partial charge in [0.2, 0.25) is 0 Å². The van der Waals surface area contributed by atoms with Gasteiger partial charge in [-0.15, -0.1) is 0 Å². The molecule has 19 heavy (non-hydrogen) atoms. The Morgan fingerprint density at radius 3 is 1.58 bits per heavy atom. The molecule has 0 saturated heterocycles. The zero-order valence-corrected chi connectivity index (χ0v) is 16.1. The summed E-state index contributed by atoms with van der Waals surface area (Å²) >= 11 is 4.00. The SMILES string of the molecule is CCCCCCCC[Si](Br)(CCCCCC)OCC. The quantitative estimate of drug-likeness (QED) is 0.190. The van der Waals surface area contributed by atoms with Gasteiger partial charge in [-0.25, -0.2) is 0 Å². The molecule has 0 bridgehead atoms. The van der Waals surface area contributed by atoms with Gasteiger partial charge in [0.1, 0.15) is 0 Å². The van der Waals surface area contributed by atoms with E-state index in [1.54, 1.807) is 0 Å². The van der Waals surface area contributed by atoms with Gasteiger partial charge in [-0.3, -0.25) is 0 Å². The molecule has 1 atom stereocenters. The van der Waals surface area contributed by atoms with Gasteiger partial charge < -0.3 is 4.43 Å². The average molecular weight is 351 g/mol. The van der Waals surface area contributed by atoms with Gasteiger partial charge in [-0.1, -0.05) is 93.3 Å². The lowest BCUT2D eigenvalue weighted by Gasteiger charge is -2.24. The maximum atomic E-state index is 6.09. The molecular formula is C16H35BrOSi. The van der Waals surface area contributed by atoms with Crippen LogP contribution in [-0.4, -0.2) is 13.5 Å². The molecule has 0 N–H and O–H groups in total. The smallest absolute Gasteiger partial charge is 0.263 e. The second kappa shape index (κ2) is 13.6. The van der Waals surface area contributed by atoms with Crippen LogP contribution in [0.4, 0.5) is 0 Å². The lowest BCUT2D eigenvalue weighted by Crippen LogP contribution is -2.30. The molecule has 0 aliphatic carbocycles. The molecule has 3 heteroatoms. The topological polar surface area (TPSA) is 9.23 Å². The number of hydrogen-bond donors (Lipinski definition) is 0. The molecule has 1 nitrogen and oxygen atoms in total. The molecule has 0 aliphatic heterocycles. The van der Waals surface area contributed by atoms with Gasteiger partial charge in [-0.2, -0.15) is 0 Å². The Balaban J connectivity index is 3.74. The van der Waals surface area contributed by atoms with Crippen LogP contribution in [0.5, 0.6) is 0 Å². The third-order valence-corrected chi connectivity index (χ3v) is 9.78. The summed E-state index contributed by atoms with van der Waals surface area (Å²) in [6.07, 6.45) is 13.7. The second-order valence-corrected chi connectivity index (χ2v) is 13.0. The third kappa shape index (κ3) is 12.1. The van der Waals surface area contributed by atoms with E-state index in [1.807, 2.05) is 0 Å². The summed E-state index contributed by atoms with van der Waals surface area (Å²) in [5.41, 5.74) is 0. The van der Waals surface area contributed by atoms with E-state index in [0.717, 1.165) is 6.61 Å². The first-order valence-corrected chi connectivity index (χ1v) is 13.1. The van der Waals surface area contributed by atoms with Crippen LogP contribution in [0.3, 0.4) is 0 Å². The van der Waals surface area contributed by atoms with Gasteiger partial charge in [0.05, 0.1) is 0 Å². The Labute approximate surface area is 130 Å². The zero-order chi connectivity index (χ0) is 14.4. The van der Waals surface area contributed by atoms with E-state index in [1.165, 1.54) is 76.3 Å². The molecule has 1 unspecified atom stereocenters. The summed E-state index contributed by atoms with van der Waals surface area (Å²) in [6, 6.07) is 2.61. The summed E-state index contributed by atoms with van der Waals surface area (Å²) < 4.78 is 6.09. The van der Waals surface area contributed by atoms with Crippen molar-refractivity contribution in [1.29, 1.82) is 0 Å². The monoisotopic (exact) mass is 350 g/mol. The molecule has 0 heterocycles. The van der Waals surface area contributed by atoms with Crippen molar-refractivity contribution in [3.05, 3.63) is 0 Å². The Morgan fingerprint density at radius 1 is 0.684 bits per heavy atom. The maximum absolute atomic E-state index is 6.09. The molecule has 0 radical (unpaired) electrons. The summed E-state index contributed by atoms with van der Waals surface area (Å²) in [5, 5.41) is 0. The van der Waals surface area contributed by atoms with Gasteiger partial charge >= 0.3 is 0 Å². The zero-order valence-electron chi connectivity index (χ0n) is 13.5. The highest BCUT2D eigenvalue weighted by Crippen LogP contribution is 2.30. The van der Waals surface area contributed by atoms with Crippen LogP contribution in [0.1, 0.15) is 85.0 Å². The van der Waals surface area contributed by atoms with Crippen molar-refractivity contribution in [2.75, 3.05) is 6.61 Å². The van der Waals surface area contributed by atoms with Crippen molar-refractivity contribution in [1.82, 2.24) is 0 Å². The number of unbranched alkanes of at least 4 members (excludes halogenated alkanes) is 8. The van der Waals surface area contributed by atoms with E-state index < -0.39 is 6.94 Å². The Kier molecular flexibility index (Phi) is 14.1. The van der Waals surface area contributed by atoms with Crippen molar-refractivity contribution in [3.8, 4) is 0 Å². The Morgan fingerprint density at radius 2 is 1.11 bits per heavy atom. The largest absolute Gasteiger partial charge is 0.407 e. The maximum Gasteiger partial charge on any atom is 0.263 e.